The topological polar surface area (TPSA) is 197 Å². The first kappa shape index (κ1) is 26.8. The number of epoxide rings is 1. The zero-order valence-corrected chi connectivity index (χ0v) is 20.3. The van der Waals surface area contributed by atoms with Crippen LogP contribution in [0.1, 0.15) is 5.56 Å². The van der Waals surface area contributed by atoms with Crippen molar-refractivity contribution in [3.8, 4) is 11.5 Å². The van der Waals surface area contributed by atoms with Crippen LogP contribution in [-0.2, 0) is 28.5 Å². The van der Waals surface area contributed by atoms with Crippen LogP contribution in [0.25, 0.3) is 6.08 Å². The summed E-state index contributed by atoms with van der Waals surface area (Å²) in [5, 5.41) is 59.8. The summed E-state index contributed by atoms with van der Waals surface area (Å²) >= 11 is 0. The van der Waals surface area contributed by atoms with Gasteiger partial charge in [-0.15, -0.1) is 0 Å². The van der Waals surface area contributed by atoms with Gasteiger partial charge < -0.3 is 59.1 Å². The SMILES string of the molecule is COc1cc(C=CC(=O)OC2C3C=COC(OC4OC(CO)C(O)C(O)C4O)C3[C@@]3(CO)OC23)ccc1O. The van der Waals surface area contributed by atoms with E-state index in [1.54, 1.807) is 18.2 Å². The van der Waals surface area contributed by atoms with E-state index in [1.807, 2.05) is 0 Å². The predicted octanol–water partition coefficient (Wildman–Crippen LogP) is -1.61. The van der Waals surface area contributed by atoms with E-state index in [1.165, 1.54) is 31.6 Å². The van der Waals surface area contributed by atoms with Crippen LogP contribution in [0.5, 0.6) is 11.5 Å². The summed E-state index contributed by atoms with van der Waals surface area (Å²) in [4.78, 5) is 12.7. The van der Waals surface area contributed by atoms with Gasteiger partial charge in [-0.2, -0.15) is 0 Å². The average molecular weight is 539 g/mol. The fourth-order valence-corrected chi connectivity index (χ4v) is 5.42. The Labute approximate surface area is 217 Å². The van der Waals surface area contributed by atoms with Crippen LogP contribution in [0.3, 0.4) is 0 Å². The number of methoxy groups -OCH3 is 1. The maximum atomic E-state index is 12.7. The average Bonchev–Trinajstić information content (AvgIpc) is 3.60. The molecule has 3 aliphatic heterocycles. The molecule has 6 N–H and O–H groups in total. The van der Waals surface area contributed by atoms with Gasteiger partial charge in [-0.05, 0) is 29.8 Å². The molecular formula is C25H30O13. The highest BCUT2D eigenvalue weighted by molar-refractivity contribution is 5.87. The molecule has 0 aromatic heterocycles. The molecule has 1 aromatic rings. The second kappa shape index (κ2) is 10.4. The van der Waals surface area contributed by atoms with Crippen molar-refractivity contribution in [2.45, 2.75) is 54.8 Å². The van der Waals surface area contributed by atoms with Gasteiger partial charge >= 0.3 is 5.97 Å². The molecule has 0 radical (unpaired) electrons. The molecule has 0 spiro atoms. The Morgan fingerprint density at radius 2 is 1.92 bits per heavy atom. The largest absolute Gasteiger partial charge is 0.504 e. The summed E-state index contributed by atoms with van der Waals surface area (Å²) < 4.78 is 33.4. The van der Waals surface area contributed by atoms with E-state index in [4.69, 9.17) is 28.4 Å². The molecule has 11 atom stereocenters. The van der Waals surface area contributed by atoms with Crippen molar-refractivity contribution in [1.29, 1.82) is 0 Å². The van der Waals surface area contributed by atoms with Crippen LogP contribution in [0.4, 0.5) is 0 Å². The van der Waals surface area contributed by atoms with Crippen LogP contribution in [0.15, 0.2) is 36.6 Å². The summed E-state index contributed by atoms with van der Waals surface area (Å²) in [5.74, 6) is -1.64. The lowest BCUT2D eigenvalue weighted by Gasteiger charge is -2.43. The molecule has 208 valence electrons. The van der Waals surface area contributed by atoms with Crippen LogP contribution < -0.4 is 4.74 Å². The number of aliphatic hydroxyl groups is 5. The molecule has 10 unspecified atom stereocenters. The summed E-state index contributed by atoms with van der Waals surface area (Å²) in [5.41, 5.74) is -0.556. The van der Waals surface area contributed by atoms with Crippen molar-refractivity contribution in [1.82, 2.24) is 0 Å². The summed E-state index contributed by atoms with van der Waals surface area (Å²) in [6.07, 6.45) is -4.38. The molecule has 4 aliphatic rings. The molecule has 3 fully saturated rings. The second-order valence-electron chi connectivity index (χ2n) is 9.59. The van der Waals surface area contributed by atoms with Crippen LogP contribution >= 0.6 is 0 Å². The van der Waals surface area contributed by atoms with E-state index in [9.17, 15) is 35.4 Å². The highest BCUT2D eigenvalue weighted by Gasteiger charge is 2.77. The Balaban J connectivity index is 1.29. The van der Waals surface area contributed by atoms with E-state index in [-0.39, 0.29) is 11.5 Å². The fourth-order valence-electron chi connectivity index (χ4n) is 5.42. The Hall–Kier alpha value is -2.75. The number of phenols is 1. The summed E-state index contributed by atoms with van der Waals surface area (Å²) in [6, 6.07) is 4.57. The van der Waals surface area contributed by atoms with Gasteiger partial charge in [0.1, 0.15) is 42.2 Å². The number of carbonyl (C=O) groups is 1. The van der Waals surface area contributed by atoms with Crippen molar-refractivity contribution in [2.24, 2.45) is 11.8 Å². The van der Waals surface area contributed by atoms with Gasteiger partial charge in [-0.25, -0.2) is 4.79 Å². The number of esters is 1. The third-order valence-corrected chi connectivity index (χ3v) is 7.47. The van der Waals surface area contributed by atoms with E-state index < -0.39 is 85.8 Å². The van der Waals surface area contributed by atoms with Crippen molar-refractivity contribution < 1.29 is 63.9 Å². The summed E-state index contributed by atoms with van der Waals surface area (Å²) in [6.45, 7) is -1.06. The van der Waals surface area contributed by atoms with Crippen LogP contribution in [-0.4, -0.2) is 112 Å². The number of benzene rings is 1. The van der Waals surface area contributed by atoms with Gasteiger partial charge in [0.2, 0.25) is 6.29 Å². The minimum atomic E-state index is -1.65. The van der Waals surface area contributed by atoms with Gasteiger partial charge in [0.25, 0.3) is 0 Å². The number of phenolic OH excluding ortho intramolecular Hbond substituents is 1. The standard InChI is InChI=1S/C25H30O13/c1-33-14-8-11(2-4-13(14)28)3-5-16(29)36-21-12-6-7-34-23(17(12)25(10-27)22(21)38-25)37-24-20(32)19(31)18(30)15(9-26)35-24/h2-8,12,15,17-24,26-28,30-32H,9-10H2,1H3/t12?,15?,17?,18?,19?,20?,21?,22?,23?,24?,25-/m1/s1. The first-order valence-corrected chi connectivity index (χ1v) is 12.1. The third-order valence-electron chi connectivity index (χ3n) is 7.47. The monoisotopic (exact) mass is 538 g/mol. The Bertz CT molecular complexity index is 1090. The minimum absolute atomic E-state index is 0.0396. The van der Waals surface area contributed by atoms with Gasteiger partial charge in [-0.1, -0.05) is 6.07 Å². The molecule has 5 rings (SSSR count). The first-order valence-electron chi connectivity index (χ1n) is 12.1. The maximum Gasteiger partial charge on any atom is 0.331 e. The molecule has 1 aliphatic carbocycles. The first-order chi connectivity index (χ1) is 18.2. The normalized spacial score (nSPS) is 41.3. The Morgan fingerprint density at radius 3 is 2.63 bits per heavy atom. The van der Waals surface area contributed by atoms with E-state index in [0.29, 0.717) is 5.56 Å². The second-order valence-corrected chi connectivity index (χ2v) is 9.59. The molecule has 38 heavy (non-hydrogen) atoms. The molecule has 0 amide bonds. The molecule has 2 saturated heterocycles. The zero-order chi connectivity index (χ0) is 27.2. The quantitative estimate of drug-likeness (QED) is 0.126. The molecule has 13 nitrogen and oxygen atoms in total. The number of aliphatic hydroxyl groups excluding tert-OH is 5. The van der Waals surface area contributed by atoms with Crippen molar-refractivity contribution in [3.63, 3.8) is 0 Å². The lowest BCUT2D eigenvalue weighted by atomic mass is 9.85. The van der Waals surface area contributed by atoms with E-state index >= 15 is 0 Å². The molecule has 1 saturated carbocycles. The van der Waals surface area contributed by atoms with Gasteiger partial charge in [0, 0.05) is 12.0 Å². The summed E-state index contributed by atoms with van der Waals surface area (Å²) in [7, 11) is 1.41. The van der Waals surface area contributed by atoms with E-state index in [0.717, 1.165) is 0 Å². The molecule has 13 heteroatoms. The predicted molar refractivity (Wildman–Crippen MR) is 124 cm³/mol. The maximum absolute atomic E-state index is 12.7. The van der Waals surface area contributed by atoms with Crippen LogP contribution in [0, 0.1) is 11.8 Å². The molecule has 1 aromatic carbocycles. The number of ether oxygens (including phenoxy) is 6. The lowest BCUT2D eigenvalue weighted by Crippen LogP contribution is -2.60. The van der Waals surface area contributed by atoms with Crippen molar-refractivity contribution >= 4 is 12.0 Å². The lowest BCUT2D eigenvalue weighted by molar-refractivity contribution is -0.344. The van der Waals surface area contributed by atoms with Gasteiger partial charge in [0.15, 0.2) is 17.8 Å². The number of aromatic hydroxyl groups is 1. The zero-order valence-electron chi connectivity index (χ0n) is 20.3. The van der Waals surface area contributed by atoms with Crippen LogP contribution in [0.2, 0.25) is 0 Å². The highest BCUT2D eigenvalue weighted by atomic mass is 16.8. The Kier molecular flexibility index (Phi) is 7.37. The fraction of sp³-hybridized carbons (Fsp3) is 0.560. The number of fused-ring (bicyclic) bond motifs is 3. The molecule has 0 bridgehead atoms. The van der Waals surface area contributed by atoms with Crippen molar-refractivity contribution in [3.05, 3.63) is 42.2 Å². The third kappa shape index (κ3) is 4.54. The number of rotatable bonds is 8. The molecule has 3 heterocycles. The van der Waals surface area contributed by atoms with Crippen molar-refractivity contribution in [2.75, 3.05) is 20.3 Å². The molecular weight excluding hydrogens is 508 g/mol. The minimum Gasteiger partial charge on any atom is -0.504 e. The smallest absolute Gasteiger partial charge is 0.331 e. The number of carbonyl (C=O) groups excluding carboxylic acids is 1. The van der Waals surface area contributed by atoms with Gasteiger partial charge in [0.05, 0.1) is 32.5 Å². The highest BCUT2D eigenvalue weighted by Crippen LogP contribution is 2.60. The number of hydrogen-bond donors (Lipinski definition) is 6. The Morgan fingerprint density at radius 1 is 1.13 bits per heavy atom. The van der Waals surface area contributed by atoms with Gasteiger partial charge in [-0.3, -0.25) is 0 Å². The van der Waals surface area contributed by atoms with E-state index in [2.05, 4.69) is 0 Å². The number of hydrogen-bond acceptors (Lipinski definition) is 13.